The normalized spacial score (nSPS) is 9.53. The van der Waals surface area contributed by atoms with Crippen molar-refractivity contribution in [3.05, 3.63) is 23.5 Å². The first kappa shape index (κ1) is 13.0. The zero-order valence-corrected chi connectivity index (χ0v) is 9.73. The van der Waals surface area contributed by atoms with Gasteiger partial charge in [0, 0.05) is 11.8 Å². The molecule has 0 spiro atoms. The van der Waals surface area contributed by atoms with Crippen LogP contribution in [0.2, 0.25) is 0 Å². The van der Waals surface area contributed by atoms with E-state index < -0.39 is 11.9 Å². The van der Waals surface area contributed by atoms with Crippen LogP contribution >= 0.6 is 0 Å². The molecule has 92 valence electrons. The molecule has 0 saturated carbocycles. The van der Waals surface area contributed by atoms with Crippen molar-refractivity contribution in [1.82, 2.24) is 10.2 Å². The molecule has 0 aliphatic rings. The van der Waals surface area contributed by atoms with Gasteiger partial charge in [0.25, 0.3) is 0 Å². The van der Waals surface area contributed by atoms with Crippen LogP contribution in [0.3, 0.4) is 0 Å². The summed E-state index contributed by atoms with van der Waals surface area (Å²) in [5.74, 6) is -1.40. The summed E-state index contributed by atoms with van der Waals surface area (Å²) in [6.07, 6.45) is 4.41. The fourth-order valence-corrected chi connectivity index (χ4v) is 1.13. The number of carbonyl (C=O) groups is 2. The highest BCUT2D eigenvalue weighted by Gasteiger charge is 2.20. The van der Waals surface area contributed by atoms with Crippen molar-refractivity contribution in [2.75, 3.05) is 13.2 Å². The molecule has 0 aliphatic heterocycles. The van der Waals surface area contributed by atoms with E-state index in [0.717, 1.165) is 0 Å². The van der Waals surface area contributed by atoms with Gasteiger partial charge in [-0.05, 0) is 19.9 Å². The topological polar surface area (TPSA) is 81.3 Å². The summed E-state index contributed by atoms with van der Waals surface area (Å²) in [5.41, 5.74) is 0.455. The van der Waals surface area contributed by atoms with Crippen LogP contribution in [0.1, 0.15) is 19.4 Å². The van der Waals surface area contributed by atoms with Gasteiger partial charge in [0.05, 0.1) is 19.4 Å². The van der Waals surface area contributed by atoms with Crippen molar-refractivity contribution in [1.29, 1.82) is 0 Å². The van der Waals surface area contributed by atoms with Gasteiger partial charge in [-0.15, -0.1) is 0 Å². The average molecular weight is 238 g/mol. The number of aromatic nitrogens is 2. The molecule has 0 fully saturated rings. The van der Waals surface area contributed by atoms with Gasteiger partial charge < -0.3 is 9.47 Å². The second kappa shape index (κ2) is 6.47. The number of carbonyl (C=O) groups excluding carboxylic acids is 2. The Morgan fingerprint density at radius 3 is 2.29 bits per heavy atom. The van der Waals surface area contributed by atoms with Gasteiger partial charge in [0.1, 0.15) is 5.57 Å². The molecule has 1 heterocycles. The van der Waals surface area contributed by atoms with E-state index in [1.807, 2.05) is 0 Å². The largest absolute Gasteiger partial charge is 0.462 e. The standard InChI is InChI=1S/C11H14N2O4/c1-3-16-10(14)9(11(15)17-4-2)5-8-6-12-13-7-8/h5-7H,3-4H2,1-2H3,(H,12,13). The van der Waals surface area contributed by atoms with E-state index in [1.54, 1.807) is 20.0 Å². The summed E-state index contributed by atoms with van der Waals surface area (Å²) < 4.78 is 9.56. The van der Waals surface area contributed by atoms with Gasteiger partial charge in [-0.2, -0.15) is 5.10 Å². The van der Waals surface area contributed by atoms with Gasteiger partial charge in [-0.1, -0.05) is 0 Å². The Morgan fingerprint density at radius 2 is 1.88 bits per heavy atom. The van der Waals surface area contributed by atoms with Crippen molar-refractivity contribution in [2.45, 2.75) is 13.8 Å². The Kier molecular flexibility index (Phi) is 4.93. The molecule has 1 aromatic rings. The highest BCUT2D eigenvalue weighted by atomic mass is 16.6. The lowest BCUT2D eigenvalue weighted by molar-refractivity contribution is -0.146. The lowest BCUT2D eigenvalue weighted by atomic mass is 10.2. The number of hydrogen-bond acceptors (Lipinski definition) is 5. The minimum atomic E-state index is -0.702. The summed E-state index contributed by atoms with van der Waals surface area (Å²) in [7, 11) is 0. The SMILES string of the molecule is CCOC(=O)C(=Cc1cn[nH]c1)C(=O)OCC. The van der Waals surface area contributed by atoms with E-state index >= 15 is 0 Å². The Labute approximate surface area is 98.6 Å². The molecule has 0 unspecified atom stereocenters. The number of nitrogens with zero attached hydrogens (tertiary/aromatic N) is 1. The second-order valence-corrected chi connectivity index (χ2v) is 3.03. The Balaban J connectivity index is 2.93. The lowest BCUT2D eigenvalue weighted by Crippen LogP contribution is -2.18. The molecule has 0 saturated heterocycles. The number of rotatable bonds is 5. The van der Waals surface area contributed by atoms with Crippen LogP contribution < -0.4 is 0 Å². The van der Waals surface area contributed by atoms with Gasteiger partial charge in [-0.3, -0.25) is 5.10 Å². The van der Waals surface area contributed by atoms with Gasteiger partial charge in [0.2, 0.25) is 0 Å². The monoisotopic (exact) mass is 238 g/mol. The first-order chi connectivity index (χ1) is 8.19. The van der Waals surface area contributed by atoms with Crippen molar-refractivity contribution in [3.63, 3.8) is 0 Å². The zero-order valence-electron chi connectivity index (χ0n) is 9.73. The van der Waals surface area contributed by atoms with E-state index in [4.69, 9.17) is 9.47 Å². The Morgan fingerprint density at radius 1 is 1.29 bits per heavy atom. The first-order valence-electron chi connectivity index (χ1n) is 5.23. The molecule has 0 amide bonds. The molecule has 6 nitrogen and oxygen atoms in total. The van der Waals surface area contributed by atoms with Gasteiger partial charge >= 0.3 is 11.9 Å². The predicted octanol–water partition coefficient (Wildman–Crippen LogP) is 0.919. The van der Waals surface area contributed by atoms with Crippen LogP contribution in [0.25, 0.3) is 6.08 Å². The summed E-state index contributed by atoms with van der Waals surface area (Å²) in [4.78, 5) is 23.1. The van der Waals surface area contributed by atoms with Crippen LogP contribution in [0.15, 0.2) is 18.0 Å². The quantitative estimate of drug-likeness (QED) is 0.357. The summed E-state index contributed by atoms with van der Waals surface area (Å²) in [6, 6.07) is 0. The molecule has 1 N–H and O–H groups in total. The number of ether oxygens (including phenoxy) is 2. The fraction of sp³-hybridized carbons (Fsp3) is 0.364. The maximum absolute atomic E-state index is 11.6. The molecule has 6 heteroatoms. The van der Waals surface area contributed by atoms with E-state index in [9.17, 15) is 9.59 Å². The fourth-order valence-electron chi connectivity index (χ4n) is 1.13. The molecule has 0 aromatic carbocycles. The third-order valence-electron chi connectivity index (χ3n) is 1.82. The van der Waals surface area contributed by atoms with Gasteiger partial charge in [-0.25, -0.2) is 9.59 Å². The molecule has 0 radical (unpaired) electrons. The predicted molar refractivity (Wildman–Crippen MR) is 59.8 cm³/mol. The number of aromatic amines is 1. The van der Waals surface area contributed by atoms with Crippen LogP contribution in [0, 0.1) is 0 Å². The number of esters is 2. The molecule has 0 bridgehead atoms. The summed E-state index contributed by atoms with van der Waals surface area (Å²) >= 11 is 0. The minimum absolute atomic E-state index is 0.143. The van der Waals surface area contributed by atoms with E-state index in [-0.39, 0.29) is 18.8 Å². The Bertz CT molecular complexity index is 389. The molecular formula is C11H14N2O4. The van der Waals surface area contributed by atoms with Gasteiger partial charge in [0.15, 0.2) is 0 Å². The number of H-pyrrole nitrogens is 1. The van der Waals surface area contributed by atoms with Crippen molar-refractivity contribution < 1.29 is 19.1 Å². The second-order valence-electron chi connectivity index (χ2n) is 3.03. The van der Waals surface area contributed by atoms with E-state index in [1.165, 1.54) is 12.3 Å². The highest BCUT2D eigenvalue weighted by Crippen LogP contribution is 2.08. The summed E-state index contributed by atoms with van der Waals surface area (Å²) in [6.45, 7) is 3.72. The number of nitrogens with one attached hydrogen (secondary N) is 1. The molecule has 1 rings (SSSR count). The van der Waals surface area contributed by atoms with Crippen molar-refractivity contribution >= 4 is 18.0 Å². The zero-order chi connectivity index (χ0) is 12.7. The molecule has 1 aromatic heterocycles. The average Bonchev–Trinajstić information content (AvgIpc) is 2.79. The molecular weight excluding hydrogens is 224 g/mol. The summed E-state index contributed by atoms with van der Waals surface area (Å²) in [5, 5.41) is 6.29. The van der Waals surface area contributed by atoms with Crippen LogP contribution in [-0.4, -0.2) is 35.3 Å². The van der Waals surface area contributed by atoms with Crippen LogP contribution in [-0.2, 0) is 19.1 Å². The lowest BCUT2D eigenvalue weighted by Gasteiger charge is -2.05. The van der Waals surface area contributed by atoms with Crippen molar-refractivity contribution in [3.8, 4) is 0 Å². The van der Waals surface area contributed by atoms with Crippen LogP contribution in [0.5, 0.6) is 0 Å². The van der Waals surface area contributed by atoms with E-state index in [2.05, 4.69) is 10.2 Å². The minimum Gasteiger partial charge on any atom is -0.462 e. The first-order valence-corrected chi connectivity index (χ1v) is 5.23. The Hall–Kier alpha value is -2.11. The highest BCUT2D eigenvalue weighted by molar-refractivity contribution is 6.17. The van der Waals surface area contributed by atoms with Crippen LogP contribution in [0.4, 0.5) is 0 Å². The molecule has 17 heavy (non-hydrogen) atoms. The van der Waals surface area contributed by atoms with Crippen molar-refractivity contribution in [2.24, 2.45) is 0 Å². The molecule has 0 atom stereocenters. The van der Waals surface area contributed by atoms with E-state index in [0.29, 0.717) is 5.56 Å². The number of hydrogen-bond donors (Lipinski definition) is 1. The maximum atomic E-state index is 11.6. The third-order valence-corrected chi connectivity index (χ3v) is 1.82. The third kappa shape index (κ3) is 3.75. The smallest absolute Gasteiger partial charge is 0.345 e. The maximum Gasteiger partial charge on any atom is 0.345 e. The molecule has 0 aliphatic carbocycles.